The van der Waals surface area contributed by atoms with E-state index in [4.69, 9.17) is 23.2 Å². The van der Waals surface area contributed by atoms with Crippen LogP contribution in [0.25, 0.3) is 0 Å². The molecule has 0 saturated heterocycles. The quantitative estimate of drug-likeness (QED) is 0.845. The van der Waals surface area contributed by atoms with Gasteiger partial charge in [-0.3, -0.25) is 0 Å². The van der Waals surface area contributed by atoms with E-state index in [1.807, 2.05) is 12.1 Å². The Hall–Kier alpha value is -0.240. The topological polar surface area (TPSA) is 12.0 Å². The molecule has 0 heterocycles. The van der Waals surface area contributed by atoms with Crippen molar-refractivity contribution in [3.63, 3.8) is 0 Å². The lowest BCUT2D eigenvalue weighted by molar-refractivity contribution is 0.379. The monoisotopic (exact) mass is 245 g/mol. The van der Waals surface area contributed by atoms with Crippen LogP contribution in [0.4, 0.5) is 0 Å². The van der Waals surface area contributed by atoms with E-state index in [0.717, 1.165) is 18.7 Å². The predicted molar refractivity (Wildman–Crippen MR) is 67.6 cm³/mol. The van der Waals surface area contributed by atoms with Gasteiger partial charge >= 0.3 is 0 Å². The van der Waals surface area contributed by atoms with Gasteiger partial charge in [0.1, 0.15) is 0 Å². The Morgan fingerprint density at radius 3 is 2.47 bits per heavy atom. The Bertz CT molecular complexity index is 329. The van der Waals surface area contributed by atoms with Gasteiger partial charge in [-0.2, -0.15) is 0 Å². The Labute approximate surface area is 102 Å². The van der Waals surface area contributed by atoms with Crippen LogP contribution in [0.2, 0.25) is 10.0 Å². The summed E-state index contributed by atoms with van der Waals surface area (Å²) in [5.74, 6) is 0. The van der Waals surface area contributed by atoms with Gasteiger partial charge in [0, 0.05) is 13.1 Å². The summed E-state index contributed by atoms with van der Waals surface area (Å²) in [4.78, 5) is 0. The van der Waals surface area contributed by atoms with Crippen molar-refractivity contribution in [3.8, 4) is 0 Å². The van der Waals surface area contributed by atoms with Crippen molar-refractivity contribution in [2.45, 2.75) is 27.3 Å². The molecule has 1 nitrogen and oxygen atoms in total. The van der Waals surface area contributed by atoms with Gasteiger partial charge in [-0.05, 0) is 17.0 Å². The molecule has 0 bridgehead atoms. The third-order valence-corrected chi connectivity index (χ3v) is 2.86. The number of rotatable bonds is 3. The van der Waals surface area contributed by atoms with Crippen LogP contribution in [0.5, 0.6) is 0 Å². The van der Waals surface area contributed by atoms with E-state index in [2.05, 4.69) is 26.1 Å². The largest absolute Gasteiger partial charge is 0.312 e. The maximum Gasteiger partial charge on any atom is 0.0637 e. The third kappa shape index (κ3) is 4.42. The minimum absolute atomic E-state index is 0.283. The van der Waals surface area contributed by atoms with E-state index < -0.39 is 0 Å². The van der Waals surface area contributed by atoms with E-state index in [0.29, 0.717) is 10.0 Å². The van der Waals surface area contributed by atoms with Crippen molar-refractivity contribution in [2.24, 2.45) is 5.41 Å². The van der Waals surface area contributed by atoms with Crippen LogP contribution in [-0.4, -0.2) is 6.54 Å². The fraction of sp³-hybridized carbons (Fsp3) is 0.500. The number of hydrogen-bond acceptors (Lipinski definition) is 1. The molecule has 0 aliphatic heterocycles. The second kappa shape index (κ2) is 5.20. The summed E-state index contributed by atoms with van der Waals surface area (Å²) >= 11 is 12.0. The normalized spacial score (nSPS) is 11.8. The molecule has 1 aromatic carbocycles. The van der Waals surface area contributed by atoms with Gasteiger partial charge in [-0.15, -0.1) is 0 Å². The average molecular weight is 246 g/mol. The van der Waals surface area contributed by atoms with Crippen LogP contribution >= 0.6 is 23.2 Å². The molecule has 0 aliphatic rings. The average Bonchev–Trinajstić information content (AvgIpc) is 2.10. The van der Waals surface area contributed by atoms with E-state index in [9.17, 15) is 0 Å². The molecule has 0 amide bonds. The van der Waals surface area contributed by atoms with Crippen molar-refractivity contribution in [1.82, 2.24) is 5.32 Å². The first kappa shape index (κ1) is 12.8. The van der Waals surface area contributed by atoms with Gasteiger partial charge in [0.2, 0.25) is 0 Å². The van der Waals surface area contributed by atoms with Crippen LogP contribution in [-0.2, 0) is 6.54 Å². The van der Waals surface area contributed by atoms with Crippen molar-refractivity contribution in [3.05, 3.63) is 33.8 Å². The van der Waals surface area contributed by atoms with E-state index in [-0.39, 0.29) is 5.41 Å². The lowest BCUT2D eigenvalue weighted by atomic mass is 9.97. The Morgan fingerprint density at radius 1 is 1.20 bits per heavy atom. The van der Waals surface area contributed by atoms with Crippen LogP contribution in [0.15, 0.2) is 18.2 Å². The summed E-state index contributed by atoms with van der Waals surface area (Å²) in [6.45, 7) is 8.30. The highest BCUT2D eigenvalue weighted by Gasteiger charge is 2.10. The van der Waals surface area contributed by atoms with Gasteiger partial charge in [-0.25, -0.2) is 0 Å². The minimum atomic E-state index is 0.283. The van der Waals surface area contributed by atoms with E-state index in [1.54, 1.807) is 6.07 Å². The molecule has 0 saturated carbocycles. The fourth-order valence-electron chi connectivity index (χ4n) is 1.26. The first-order valence-corrected chi connectivity index (χ1v) is 5.79. The van der Waals surface area contributed by atoms with Crippen LogP contribution in [0, 0.1) is 5.41 Å². The summed E-state index contributed by atoms with van der Waals surface area (Å²) in [7, 11) is 0. The van der Waals surface area contributed by atoms with Crippen LogP contribution in [0.1, 0.15) is 26.3 Å². The molecular formula is C12H17Cl2N. The number of nitrogens with one attached hydrogen (secondary N) is 1. The Balaban J connectivity index is 2.55. The zero-order valence-corrected chi connectivity index (χ0v) is 10.9. The molecule has 1 aromatic rings. The molecule has 1 N–H and O–H groups in total. The molecule has 0 unspecified atom stereocenters. The maximum absolute atomic E-state index is 6.07. The smallest absolute Gasteiger partial charge is 0.0637 e. The standard InChI is InChI=1S/C12H17Cl2N/c1-12(2,3)8-15-7-9-5-4-6-10(13)11(9)14/h4-6,15H,7-8H2,1-3H3. The first-order valence-electron chi connectivity index (χ1n) is 5.04. The van der Waals surface area contributed by atoms with Crippen molar-refractivity contribution in [1.29, 1.82) is 0 Å². The second-order valence-electron chi connectivity index (χ2n) is 4.88. The number of halogens is 2. The van der Waals surface area contributed by atoms with Crippen molar-refractivity contribution in [2.75, 3.05) is 6.54 Å². The molecule has 0 spiro atoms. The predicted octanol–water partition coefficient (Wildman–Crippen LogP) is 4.13. The summed E-state index contributed by atoms with van der Waals surface area (Å²) < 4.78 is 0. The zero-order valence-electron chi connectivity index (χ0n) is 9.40. The molecule has 0 radical (unpaired) electrons. The summed E-state index contributed by atoms with van der Waals surface area (Å²) in [5, 5.41) is 4.64. The van der Waals surface area contributed by atoms with E-state index >= 15 is 0 Å². The molecule has 1 rings (SSSR count). The zero-order chi connectivity index (χ0) is 11.5. The SMILES string of the molecule is CC(C)(C)CNCc1cccc(Cl)c1Cl. The third-order valence-electron chi connectivity index (χ3n) is 2.00. The number of hydrogen-bond donors (Lipinski definition) is 1. The minimum Gasteiger partial charge on any atom is -0.312 e. The molecule has 0 fully saturated rings. The maximum atomic E-state index is 6.07. The molecule has 0 atom stereocenters. The summed E-state index contributed by atoms with van der Waals surface area (Å²) in [6.07, 6.45) is 0. The Morgan fingerprint density at radius 2 is 1.87 bits per heavy atom. The molecular weight excluding hydrogens is 229 g/mol. The molecule has 0 aliphatic carbocycles. The van der Waals surface area contributed by atoms with E-state index in [1.165, 1.54) is 0 Å². The highest BCUT2D eigenvalue weighted by molar-refractivity contribution is 6.42. The molecule has 84 valence electrons. The fourth-order valence-corrected chi connectivity index (χ4v) is 1.64. The highest BCUT2D eigenvalue weighted by Crippen LogP contribution is 2.25. The van der Waals surface area contributed by atoms with Crippen LogP contribution < -0.4 is 5.32 Å². The molecule has 3 heteroatoms. The van der Waals surface area contributed by atoms with Crippen LogP contribution in [0.3, 0.4) is 0 Å². The number of benzene rings is 1. The van der Waals surface area contributed by atoms with Gasteiger partial charge in [0.25, 0.3) is 0 Å². The summed E-state index contributed by atoms with van der Waals surface area (Å²) in [6, 6.07) is 5.71. The lowest BCUT2D eigenvalue weighted by Gasteiger charge is -2.19. The Kier molecular flexibility index (Phi) is 4.45. The van der Waals surface area contributed by atoms with Gasteiger partial charge in [-0.1, -0.05) is 56.1 Å². The van der Waals surface area contributed by atoms with Gasteiger partial charge < -0.3 is 5.32 Å². The second-order valence-corrected chi connectivity index (χ2v) is 5.66. The van der Waals surface area contributed by atoms with Crippen molar-refractivity contribution >= 4 is 23.2 Å². The lowest BCUT2D eigenvalue weighted by Crippen LogP contribution is -2.26. The van der Waals surface area contributed by atoms with Gasteiger partial charge in [0.05, 0.1) is 10.0 Å². The van der Waals surface area contributed by atoms with Gasteiger partial charge in [0.15, 0.2) is 0 Å². The molecule has 15 heavy (non-hydrogen) atoms. The molecule has 0 aromatic heterocycles. The summed E-state index contributed by atoms with van der Waals surface area (Å²) in [5.41, 5.74) is 1.33. The van der Waals surface area contributed by atoms with Crippen molar-refractivity contribution < 1.29 is 0 Å². The first-order chi connectivity index (χ1) is 6.90. The highest BCUT2D eigenvalue weighted by atomic mass is 35.5.